The molecule has 1 fully saturated rings. The molecule has 9 nitrogen and oxygen atoms in total. The second kappa shape index (κ2) is 13.6. The van der Waals surface area contributed by atoms with Crippen LogP contribution in [-0.2, 0) is 22.8 Å². The normalized spacial score (nSPS) is 15.5. The Balaban J connectivity index is 1.28. The molecule has 2 atom stereocenters. The molecule has 44 heavy (non-hydrogen) atoms. The van der Waals surface area contributed by atoms with Crippen molar-refractivity contribution in [1.82, 2.24) is 19.1 Å². The summed E-state index contributed by atoms with van der Waals surface area (Å²) in [5.74, 6) is 1.22. The van der Waals surface area contributed by atoms with E-state index in [1.807, 2.05) is 49.2 Å². The number of fused-ring (bicyclic) bond motifs is 1. The summed E-state index contributed by atoms with van der Waals surface area (Å²) >= 11 is 0. The van der Waals surface area contributed by atoms with Crippen LogP contribution in [0.15, 0.2) is 65.6 Å². The van der Waals surface area contributed by atoms with Gasteiger partial charge in [0.1, 0.15) is 5.82 Å². The summed E-state index contributed by atoms with van der Waals surface area (Å²) in [6.07, 6.45) is 4.08. The van der Waals surface area contributed by atoms with E-state index in [1.165, 1.54) is 29.0 Å². The first-order chi connectivity index (χ1) is 21.1. The minimum absolute atomic E-state index is 0.127. The van der Waals surface area contributed by atoms with Gasteiger partial charge < -0.3 is 19.1 Å². The quantitative estimate of drug-likeness (QED) is 0.204. The Bertz CT molecular complexity index is 1620. The fraction of sp³-hybridized carbons (Fsp3) is 0.471. The molecule has 1 aliphatic rings. The van der Waals surface area contributed by atoms with Crippen LogP contribution in [0.25, 0.3) is 11.0 Å². The highest BCUT2D eigenvalue weighted by molar-refractivity contribution is 5.79. The van der Waals surface area contributed by atoms with E-state index >= 15 is 0 Å². The van der Waals surface area contributed by atoms with Gasteiger partial charge in [-0.15, -0.1) is 0 Å². The van der Waals surface area contributed by atoms with Crippen LogP contribution in [0.1, 0.15) is 52.5 Å². The van der Waals surface area contributed by atoms with Gasteiger partial charge in [-0.05, 0) is 60.9 Å². The van der Waals surface area contributed by atoms with E-state index < -0.39 is 0 Å². The number of hydrogen-bond donors (Lipinski definition) is 0. The summed E-state index contributed by atoms with van der Waals surface area (Å²) in [6.45, 7) is 10.2. The van der Waals surface area contributed by atoms with Gasteiger partial charge in [0.25, 0.3) is 5.56 Å². The number of carbonyl (C=O) groups is 1. The van der Waals surface area contributed by atoms with E-state index in [9.17, 15) is 14.0 Å². The van der Waals surface area contributed by atoms with E-state index in [1.54, 1.807) is 0 Å². The zero-order valence-electron chi connectivity index (χ0n) is 26.3. The number of carbonyl (C=O) groups excluding carboxylic acids is 1. The van der Waals surface area contributed by atoms with E-state index in [0.717, 1.165) is 54.9 Å². The molecule has 0 aliphatic carbocycles. The SMILES string of the molecule is CC(C)CC(C)C(C)C(=O)OCn1c(N(C)C2CCN(c3nc4ccccc4n3Cc3ccc(F)cc3)CC2)nccc1=O. The van der Waals surface area contributed by atoms with E-state index in [2.05, 4.69) is 41.3 Å². The fourth-order valence-corrected chi connectivity index (χ4v) is 6.12. The average Bonchev–Trinajstić information content (AvgIpc) is 3.38. The van der Waals surface area contributed by atoms with Gasteiger partial charge in [-0.25, -0.2) is 18.9 Å². The number of benzene rings is 2. The van der Waals surface area contributed by atoms with Crippen LogP contribution in [0, 0.1) is 23.6 Å². The third-order valence-electron chi connectivity index (χ3n) is 8.82. The van der Waals surface area contributed by atoms with Crippen molar-refractivity contribution in [3.8, 4) is 0 Å². The first-order valence-corrected chi connectivity index (χ1v) is 15.5. The highest BCUT2D eigenvalue weighted by atomic mass is 19.1. The number of esters is 1. The number of ether oxygens (including phenoxy) is 1. The molecule has 0 saturated carbocycles. The van der Waals surface area contributed by atoms with Crippen molar-refractivity contribution in [2.24, 2.45) is 17.8 Å². The van der Waals surface area contributed by atoms with Crippen LogP contribution < -0.4 is 15.4 Å². The zero-order valence-corrected chi connectivity index (χ0v) is 26.3. The molecule has 1 saturated heterocycles. The summed E-state index contributed by atoms with van der Waals surface area (Å²) in [7, 11) is 1.94. The van der Waals surface area contributed by atoms with Crippen LogP contribution in [0.4, 0.5) is 16.3 Å². The molecule has 5 rings (SSSR count). The van der Waals surface area contributed by atoms with Crippen LogP contribution >= 0.6 is 0 Å². The lowest BCUT2D eigenvalue weighted by Gasteiger charge is -2.38. The highest BCUT2D eigenvalue weighted by Crippen LogP contribution is 2.28. The minimum Gasteiger partial charge on any atom is -0.443 e. The highest BCUT2D eigenvalue weighted by Gasteiger charge is 2.29. The van der Waals surface area contributed by atoms with Gasteiger partial charge in [0, 0.05) is 38.4 Å². The van der Waals surface area contributed by atoms with E-state index in [-0.39, 0.29) is 42.0 Å². The van der Waals surface area contributed by atoms with Crippen LogP contribution in [-0.4, -0.2) is 51.3 Å². The fourth-order valence-electron chi connectivity index (χ4n) is 6.12. The predicted octanol–water partition coefficient (Wildman–Crippen LogP) is 5.70. The largest absolute Gasteiger partial charge is 0.443 e. The Hall–Kier alpha value is -4.21. The van der Waals surface area contributed by atoms with Gasteiger partial charge in [-0.1, -0.05) is 52.0 Å². The smallest absolute Gasteiger partial charge is 0.310 e. The molecule has 234 valence electrons. The Morgan fingerprint density at radius 2 is 1.73 bits per heavy atom. The number of imidazole rings is 1. The van der Waals surface area contributed by atoms with Crippen molar-refractivity contribution in [2.45, 2.75) is 66.3 Å². The monoisotopic (exact) mass is 602 g/mol. The summed E-state index contributed by atoms with van der Waals surface area (Å²) < 4.78 is 22.8. The molecule has 4 aromatic rings. The first kappa shape index (κ1) is 31.2. The van der Waals surface area contributed by atoms with Crippen molar-refractivity contribution < 1.29 is 13.9 Å². The standard InChI is InChI=1S/C34H43FN6O3/c1-23(2)20-24(3)25(4)32(43)44-22-41-31(42)14-17-36-33(41)38(5)28-15-18-39(19-16-28)34-37-29-8-6-7-9-30(29)40(34)21-26-10-12-27(35)13-11-26/h6-14,17,23-25,28H,15-16,18-22H2,1-5H3. The molecule has 2 unspecified atom stereocenters. The molecule has 0 bridgehead atoms. The maximum absolute atomic E-state index is 13.6. The number of halogens is 1. The van der Waals surface area contributed by atoms with Gasteiger partial charge in [0.15, 0.2) is 6.73 Å². The molecule has 0 spiro atoms. The summed E-state index contributed by atoms with van der Waals surface area (Å²) in [6, 6.07) is 16.2. The number of para-hydroxylation sites is 2. The molecule has 0 N–H and O–H groups in total. The van der Waals surface area contributed by atoms with Crippen LogP contribution in [0.2, 0.25) is 0 Å². The molecule has 1 aliphatic heterocycles. The molecule has 0 radical (unpaired) electrons. The molecular formula is C34H43FN6O3. The van der Waals surface area contributed by atoms with Gasteiger partial charge in [0.05, 0.1) is 23.5 Å². The molecule has 0 amide bonds. The third-order valence-corrected chi connectivity index (χ3v) is 8.82. The van der Waals surface area contributed by atoms with Crippen molar-refractivity contribution in [1.29, 1.82) is 0 Å². The average molecular weight is 603 g/mol. The van der Waals surface area contributed by atoms with Gasteiger partial charge in [-0.2, -0.15) is 0 Å². The van der Waals surface area contributed by atoms with E-state index in [0.29, 0.717) is 18.4 Å². The second-order valence-electron chi connectivity index (χ2n) is 12.4. The molecule has 3 heterocycles. The molecule has 2 aromatic heterocycles. The first-order valence-electron chi connectivity index (χ1n) is 15.5. The topological polar surface area (TPSA) is 85.5 Å². The molecular weight excluding hydrogens is 559 g/mol. The summed E-state index contributed by atoms with van der Waals surface area (Å²) in [5.41, 5.74) is 2.70. The predicted molar refractivity (Wildman–Crippen MR) is 171 cm³/mol. The number of rotatable bonds is 11. The minimum atomic E-state index is -0.306. The molecule has 10 heteroatoms. The van der Waals surface area contributed by atoms with E-state index in [4.69, 9.17) is 9.72 Å². The Morgan fingerprint density at radius 1 is 1.02 bits per heavy atom. The molecule has 2 aromatic carbocycles. The van der Waals surface area contributed by atoms with Crippen molar-refractivity contribution in [3.05, 3.63) is 82.5 Å². The zero-order chi connectivity index (χ0) is 31.4. The van der Waals surface area contributed by atoms with Gasteiger partial charge >= 0.3 is 5.97 Å². The lowest BCUT2D eigenvalue weighted by Crippen LogP contribution is -2.46. The number of piperidine rings is 1. The second-order valence-corrected chi connectivity index (χ2v) is 12.4. The Morgan fingerprint density at radius 3 is 2.43 bits per heavy atom. The number of aromatic nitrogens is 4. The van der Waals surface area contributed by atoms with Crippen molar-refractivity contribution in [2.75, 3.05) is 29.9 Å². The Labute approximate surface area is 258 Å². The number of anilines is 2. The van der Waals surface area contributed by atoms with Crippen molar-refractivity contribution in [3.63, 3.8) is 0 Å². The number of nitrogens with zero attached hydrogens (tertiary/aromatic N) is 6. The lowest BCUT2D eigenvalue weighted by molar-refractivity contribution is -0.153. The summed E-state index contributed by atoms with van der Waals surface area (Å²) in [5, 5.41) is 0. The summed E-state index contributed by atoms with van der Waals surface area (Å²) in [4.78, 5) is 39.5. The number of hydrogen-bond acceptors (Lipinski definition) is 7. The lowest BCUT2D eigenvalue weighted by atomic mass is 9.88. The van der Waals surface area contributed by atoms with Crippen molar-refractivity contribution >= 4 is 28.9 Å². The van der Waals surface area contributed by atoms with Gasteiger partial charge in [-0.3, -0.25) is 9.59 Å². The third kappa shape index (κ3) is 6.95. The maximum atomic E-state index is 13.6. The Kier molecular flexibility index (Phi) is 9.66. The van der Waals surface area contributed by atoms with Crippen LogP contribution in [0.3, 0.4) is 0 Å². The van der Waals surface area contributed by atoms with Crippen LogP contribution in [0.5, 0.6) is 0 Å². The maximum Gasteiger partial charge on any atom is 0.310 e. The van der Waals surface area contributed by atoms with Gasteiger partial charge in [0.2, 0.25) is 11.9 Å².